The van der Waals surface area contributed by atoms with E-state index in [2.05, 4.69) is 9.88 Å². The number of aryl methyl sites for hydroxylation is 1. The van der Waals surface area contributed by atoms with Crippen LogP contribution in [0.1, 0.15) is 21.6 Å². The van der Waals surface area contributed by atoms with Gasteiger partial charge in [0, 0.05) is 30.7 Å². The zero-order valence-electron chi connectivity index (χ0n) is 9.66. The van der Waals surface area contributed by atoms with Crippen LogP contribution in [0.15, 0.2) is 18.2 Å². The first kappa shape index (κ1) is 10.4. The summed E-state index contributed by atoms with van der Waals surface area (Å²) >= 11 is 0. The smallest absolute Gasteiger partial charge is 0.338 e. The fourth-order valence-corrected chi connectivity index (χ4v) is 2.71. The average molecular weight is 230 g/mol. The summed E-state index contributed by atoms with van der Waals surface area (Å²) < 4.78 is 2.14. The van der Waals surface area contributed by atoms with Crippen molar-refractivity contribution in [2.45, 2.75) is 20.0 Å². The summed E-state index contributed by atoms with van der Waals surface area (Å²) in [6.07, 6.45) is 0. The first-order valence-corrected chi connectivity index (χ1v) is 5.75. The minimum absolute atomic E-state index is 0.455. The average Bonchev–Trinajstić information content (AvgIpc) is 2.64. The topological polar surface area (TPSA) is 54.3 Å². The number of carbonyl (C=O) groups is 1. The van der Waals surface area contributed by atoms with Gasteiger partial charge in [-0.25, -0.2) is 4.79 Å². The van der Waals surface area contributed by atoms with E-state index in [0.29, 0.717) is 12.1 Å². The summed E-state index contributed by atoms with van der Waals surface area (Å²) in [5.41, 5.74) is 3.56. The molecule has 4 nitrogen and oxygen atoms in total. The second-order valence-electron chi connectivity index (χ2n) is 4.43. The van der Waals surface area contributed by atoms with Gasteiger partial charge in [-0.05, 0) is 12.5 Å². The Morgan fingerprint density at radius 2 is 2.29 bits per heavy atom. The standard InChI is InChI=1S/C13H14N2O2/c1-8-3-2-4-9-11(13(16)17)10-7-14-5-6-15(10)12(8)9/h2-4,14H,5-7H2,1H3,(H,16,17). The number of carboxylic acids is 1. The third-order valence-electron chi connectivity index (χ3n) is 3.41. The fourth-order valence-electron chi connectivity index (χ4n) is 2.71. The van der Waals surface area contributed by atoms with Crippen molar-refractivity contribution in [2.24, 2.45) is 0 Å². The van der Waals surface area contributed by atoms with Crippen molar-refractivity contribution in [1.29, 1.82) is 0 Å². The number of carboxylic acid groups (broad SMARTS) is 1. The molecule has 0 fully saturated rings. The molecule has 88 valence electrons. The maximum atomic E-state index is 11.4. The zero-order valence-corrected chi connectivity index (χ0v) is 9.66. The quantitative estimate of drug-likeness (QED) is 0.784. The van der Waals surface area contributed by atoms with Crippen LogP contribution in [0.5, 0.6) is 0 Å². The molecular formula is C13H14N2O2. The van der Waals surface area contributed by atoms with Crippen LogP contribution in [0.25, 0.3) is 10.9 Å². The van der Waals surface area contributed by atoms with Crippen LogP contribution in [0.4, 0.5) is 0 Å². The number of benzene rings is 1. The number of nitrogens with zero attached hydrogens (tertiary/aromatic N) is 1. The Balaban J connectivity index is 2.46. The Morgan fingerprint density at radius 3 is 3.06 bits per heavy atom. The lowest BCUT2D eigenvalue weighted by Crippen LogP contribution is -2.28. The summed E-state index contributed by atoms with van der Waals surface area (Å²) in [7, 11) is 0. The highest BCUT2D eigenvalue weighted by molar-refractivity contribution is 6.06. The SMILES string of the molecule is Cc1cccc2c(C(=O)O)c3n(c12)CCNC3. The van der Waals surface area contributed by atoms with E-state index in [1.165, 1.54) is 0 Å². The van der Waals surface area contributed by atoms with Crippen molar-refractivity contribution in [3.63, 3.8) is 0 Å². The molecule has 0 bridgehead atoms. The summed E-state index contributed by atoms with van der Waals surface area (Å²) in [5, 5.41) is 13.5. The Morgan fingerprint density at radius 1 is 1.47 bits per heavy atom. The van der Waals surface area contributed by atoms with E-state index in [0.717, 1.165) is 35.2 Å². The van der Waals surface area contributed by atoms with Gasteiger partial charge in [0.25, 0.3) is 0 Å². The van der Waals surface area contributed by atoms with Crippen molar-refractivity contribution in [1.82, 2.24) is 9.88 Å². The van der Waals surface area contributed by atoms with Gasteiger partial charge in [0.15, 0.2) is 0 Å². The van der Waals surface area contributed by atoms with Crippen LogP contribution in [0.3, 0.4) is 0 Å². The number of hydrogen-bond acceptors (Lipinski definition) is 2. The van der Waals surface area contributed by atoms with Crippen molar-refractivity contribution in [2.75, 3.05) is 6.54 Å². The zero-order chi connectivity index (χ0) is 12.0. The predicted octanol–water partition coefficient (Wildman–Crippen LogP) is 1.75. The summed E-state index contributed by atoms with van der Waals surface area (Å²) in [6, 6.07) is 5.85. The molecule has 1 aromatic heterocycles. The highest BCUT2D eigenvalue weighted by Crippen LogP contribution is 2.29. The molecule has 0 saturated heterocycles. The highest BCUT2D eigenvalue weighted by atomic mass is 16.4. The monoisotopic (exact) mass is 230 g/mol. The molecule has 2 N–H and O–H groups in total. The molecule has 0 spiro atoms. The van der Waals surface area contributed by atoms with Gasteiger partial charge in [-0.3, -0.25) is 0 Å². The van der Waals surface area contributed by atoms with Crippen LogP contribution in [0, 0.1) is 6.92 Å². The Hall–Kier alpha value is -1.81. The molecule has 2 aromatic rings. The second-order valence-corrected chi connectivity index (χ2v) is 4.43. The van der Waals surface area contributed by atoms with Crippen molar-refractivity contribution < 1.29 is 9.90 Å². The van der Waals surface area contributed by atoms with Gasteiger partial charge < -0.3 is 15.0 Å². The minimum atomic E-state index is -0.835. The van der Waals surface area contributed by atoms with Crippen LogP contribution >= 0.6 is 0 Å². The molecular weight excluding hydrogens is 216 g/mol. The lowest BCUT2D eigenvalue weighted by molar-refractivity contribution is 0.0697. The van der Waals surface area contributed by atoms with E-state index in [4.69, 9.17) is 0 Å². The summed E-state index contributed by atoms with van der Waals surface area (Å²) in [6.45, 7) is 4.40. The maximum absolute atomic E-state index is 11.4. The molecule has 0 unspecified atom stereocenters. The molecule has 3 rings (SSSR count). The van der Waals surface area contributed by atoms with E-state index in [1.807, 2.05) is 25.1 Å². The van der Waals surface area contributed by atoms with E-state index >= 15 is 0 Å². The molecule has 0 aliphatic carbocycles. The highest BCUT2D eigenvalue weighted by Gasteiger charge is 2.24. The normalized spacial score (nSPS) is 14.9. The van der Waals surface area contributed by atoms with Crippen LogP contribution < -0.4 is 5.32 Å². The number of hydrogen-bond donors (Lipinski definition) is 2. The van der Waals surface area contributed by atoms with Crippen LogP contribution in [-0.2, 0) is 13.1 Å². The first-order valence-electron chi connectivity index (χ1n) is 5.75. The molecule has 1 aliphatic heterocycles. The van der Waals surface area contributed by atoms with Gasteiger partial charge in [0.1, 0.15) is 0 Å². The van der Waals surface area contributed by atoms with Crippen molar-refractivity contribution in [3.05, 3.63) is 35.0 Å². The number of aromatic carboxylic acids is 1. The number of aromatic nitrogens is 1. The number of fused-ring (bicyclic) bond motifs is 3. The van der Waals surface area contributed by atoms with Gasteiger partial charge in [-0.1, -0.05) is 18.2 Å². The first-order chi connectivity index (χ1) is 8.20. The Kier molecular flexibility index (Phi) is 2.19. The molecule has 17 heavy (non-hydrogen) atoms. The molecule has 0 saturated carbocycles. The number of para-hydroxylation sites is 1. The van der Waals surface area contributed by atoms with Crippen LogP contribution in [-0.4, -0.2) is 22.2 Å². The summed E-state index contributed by atoms with van der Waals surface area (Å²) in [4.78, 5) is 11.4. The maximum Gasteiger partial charge on any atom is 0.338 e. The van der Waals surface area contributed by atoms with E-state index < -0.39 is 5.97 Å². The Labute approximate surface area is 98.9 Å². The van der Waals surface area contributed by atoms with Crippen molar-refractivity contribution in [3.8, 4) is 0 Å². The molecule has 0 amide bonds. The molecule has 1 aromatic carbocycles. The summed E-state index contributed by atoms with van der Waals surface area (Å²) in [5.74, 6) is -0.835. The second kappa shape index (κ2) is 3.60. The fraction of sp³-hybridized carbons (Fsp3) is 0.308. The Bertz CT molecular complexity index is 613. The van der Waals surface area contributed by atoms with E-state index in [-0.39, 0.29) is 0 Å². The van der Waals surface area contributed by atoms with Gasteiger partial charge >= 0.3 is 5.97 Å². The van der Waals surface area contributed by atoms with Crippen LogP contribution in [0.2, 0.25) is 0 Å². The lowest BCUT2D eigenvalue weighted by Gasteiger charge is -2.18. The van der Waals surface area contributed by atoms with Gasteiger partial charge in [0.05, 0.1) is 11.1 Å². The number of nitrogens with one attached hydrogen (secondary N) is 1. The van der Waals surface area contributed by atoms with E-state index in [9.17, 15) is 9.90 Å². The third-order valence-corrected chi connectivity index (χ3v) is 3.41. The predicted molar refractivity (Wildman–Crippen MR) is 65.3 cm³/mol. The minimum Gasteiger partial charge on any atom is -0.478 e. The molecule has 1 aliphatic rings. The third kappa shape index (κ3) is 1.37. The largest absolute Gasteiger partial charge is 0.478 e. The molecule has 0 atom stereocenters. The number of rotatable bonds is 1. The molecule has 4 heteroatoms. The molecule has 2 heterocycles. The van der Waals surface area contributed by atoms with E-state index in [1.54, 1.807) is 0 Å². The van der Waals surface area contributed by atoms with Crippen molar-refractivity contribution >= 4 is 16.9 Å². The lowest BCUT2D eigenvalue weighted by atomic mass is 10.1. The van der Waals surface area contributed by atoms with Gasteiger partial charge in [-0.2, -0.15) is 0 Å². The van der Waals surface area contributed by atoms with Gasteiger partial charge in [-0.15, -0.1) is 0 Å². The molecule has 0 radical (unpaired) electrons. The van der Waals surface area contributed by atoms with Gasteiger partial charge in [0.2, 0.25) is 0 Å².